The van der Waals surface area contributed by atoms with Gasteiger partial charge in [-0.05, 0) is 47.4 Å². The highest BCUT2D eigenvalue weighted by atomic mass is 32.2. The third kappa shape index (κ3) is 4.79. The van der Waals surface area contributed by atoms with Crippen LogP contribution in [-0.2, 0) is 21.2 Å². The van der Waals surface area contributed by atoms with Crippen LogP contribution in [-0.4, -0.2) is 38.8 Å². The molecule has 1 aliphatic rings. The number of rotatable bonds is 6. The Morgan fingerprint density at radius 3 is 2.44 bits per heavy atom. The zero-order chi connectivity index (χ0) is 22.6. The molecule has 6 nitrogen and oxygen atoms in total. The average Bonchev–Trinajstić information content (AvgIpc) is 3.09. The molecule has 168 valence electrons. The number of methoxy groups -OCH3 is 1. The van der Waals surface area contributed by atoms with E-state index in [9.17, 15) is 13.2 Å². The van der Waals surface area contributed by atoms with Gasteiger partial charge in [0, 0.05) is 13.1 Å². The van der Waals surface area contributed by atoms with Gasteiger partial charge in [0.2, 0.25) is 15.9 Å². The topological polar surface area (TPSA) is 75.7 Å². The molecule has 0 unspecified atom stereocenters. The molecule has 1 amide bonds. The van der Waals surface area contributed by atoms with Gasteiger partial charge >= 0.3 is 0 Å². The summed E-state index contributed by atoms with van der Waals surface area (Å²) in [5.74, 6) is 0.190. The van der Waals surface area contributed by atoms with E-state index in [0.29, 0.717) is 24.5 Å². The number of benzene rings is 3. The monoisotopic (exact) mass is 452 g/mol. The van der Waals surface area contributed by atoms with Crippen molar-refractivity contribution >= 4 is 32.4 Å². The van der Waals surface area contributed by atoms with Crippen LogP contribution in [0.3, 0.4) is 0 Å². The van der Waals surface area contributed by atoms with Gasteiger partial charge in [-0.25, -0.2) is 8.42 Å². The van der Waals surface area contributed by atoms with E-state index in [1.54, 1.807) is 16.4 Å². The first-order chi connectivity index (χ1) is 15.5. The number of hydrogen-bond acceptors (Lipinski definition) is 4. The Hall–Kier alpha value is -2.90. The first kappa shape index (κ1) is 22.3. The molecule has 1 N–H and O–H groups in total. The lowest BCUT2D eigenvalue weighted by Gasteiger charge is -2.21. The van der Waals surface area contributed by atoms with Gasteiger partial charge in [0.25, 0.3) is 0 Å². The number of sulfonamides is 1. The Bertz CT molecular complexity index is 1210. The fourth-order valence-corrected chi connectivity index (χ4v) is 5.73. The first-order valence-corrected chi connectivity index (χ1v) is 12.4. The molecule has 0 radical (unpaired) electrons. The van der Waals surface area contributed by atoms with Gasteiger partial charge < -0.3 is 10.1 Å². The zero-order valence-electron chi connectivity index (χ0n) is 18.2. The Kier molecular flexibility index (Phi) is 6.77. The summed E-state index contributed by atoms with van der Waals surface area (Å²) in [5, 5.41) is 4.95. The lowest BCUT2D eigenvalue weighted by molar-refractivity contribution is -0.115. The van der Waals surface area contributed by atoms with Crippen molar-refractivity contribution < 1.29 is 17.9 Å². The minimum Gasteiger partial charge on any atom is -0.495 e. The van der Waals surface area contributed by atoms with Crippen molar-refractivity contribution in [2.45, 2.75) is 37.0 Å². The summed E-state index contributed by atoms with van der Waals surface area (Å²) in [6, 6.07) is 18.4. The summed E-state index contributed by atoms with van der Waals surface area (Å²) in [7, 11) is -2.13. The second kappa shape index (κ2) is 9.71. The molecular formula is C25H28N2O4S. The molecule has 1 aliphatic heterocycles. The summed E-state index contributed by atoms with van der Waals surface area (Å²) in [6.45, 7) is 1.05. The van der Waals surface area contributed by atoms with Crippen LogP contribution in [0.25, 0.3) is 10.8 Å². The van der Waals surface area contributed by atoms with Crippen molar-refractivity contribution in [3.05, 3.63) is 66.2 Å². The number of ether oxygens (including phenoxy) is 1. The smallest absolute Gasteiger partial charge is 0.243 e. The average molecular weight is 453 g/mol. The molecule has 1 heterocycles. The van der Waals surface area contributed by atoms with E-state index in [1.165, 1.54) is 13.2 Å². The molecule has 0 atom stereocenters. The van der Waals surface area contributed by atoms with E-state index in [0.717, 1.165) is 42.0 Å². The van der Waals surface area contributed by atoms with Gasteiger partial charge in [-0.15, -0.1) is 0 Å². The summed E-state index contributed by atoms with van der Waals surface area (Å²) in [5.41, 5.74) is 1.27. The standard InChI is InChI=1S/C25H28N2O4S/c1-31-24-14-13-21(32(29,30)27-15-6-2-3-7-16-27)18-23(24)26-25(28)17-20-11-8-10-19-9-4-5-12-22(19)20/h4-5,8-14,18H,2-3,6-7,15-17H2,1H3,(H,26,28). The molecule has 0 saturated carbocycles. The third-order valence-electron chi connectivity index (χ3n) is 5.88. The van der Waals surface area contributed by atoms with Crippen molar-refractivity contribution in [1.82, 2.24) is 4.31 Å². The van der Waals surface area contributed by atoms with E-state index in [1.807, 2.05) is 42.5 Å². The normalized spacial score (nSPS) is 15.3. The quantitative estimate of drug-likeness (QED) is 0.593. The molecule has 3 aromatic carbocycles. The number of fused-ring (bicyclic) bond motifs is 1. The van der Waals surface area contributed by atoms with Gasteiger partial charge in [-0.1, -0.05) is 55.3 Å². The highest BCUT2D eigenvalue weighted by Crippen LogP contribution is 2.30. The van der Waals surface area contributed by atoms with E-state index >= 15 is 0 Å². The van der Waals surface area contributed by atoms with Crippen molar-refractivity contribution in [2.24, 2.45) is 0 Å². The van der Waals surface area contributed by atoms with Crippen molar-refractivity contribution in [2.75, 3.05) is 25.5 Å². The molecule has 0 bridgehead atoms. The van der Waals surface area contributed by atoms with Gasteiger partial charge in [-0.2, -0.15) is 4.31 Å². The van der Waals surface area contributed by atoms with Gasteiger partial charge in [-0.3, -0.25) is 4.79 Å². The van der Waals surface area contributed by atoms with E-state index in [2.05, 4.69) is 5.32 Å². The number of anilines is 1. The molecule has 0 spiro atoms. The molecule has 0 aliphatic carbocycles. The van der Waals surface area contributed by atoms with E-state index < -0.39 is 10.0 Å². The highest BCUT2D eigenvalue weighted by molar-refractivity contribution is 7.89. The Balaban J connectivity index is 1.58. The van der Waals surface area contributed by atoms with Crippen molar-refractivity contribution in [3.63, 3.8) is 0 Å². The van der Waals surface area contributed by atoms with Gasteiger partial charge in [0.15, 0.2) is 0 Å². The van der Waals surface area contributed by atoms with Crippen LogP contribution in [0.2, 0.25) is 0 Å². The molecule has 0 aromatic heterocycles. The lowest BCUT2D eigenvalue weighted by atomic mass is 10.0. The summed E-state index contributed by atoms with van der Waals surface area (Å²) >= 11 is 0. The number of hydrogen-bond donors (Lipinski definition) is 1. The molecule has 3 aromatic rings. The van der Waals surface area contributed by atoms with Crippen LogP contribution in [0.15, 0.2) is 65.6 Å². The number of nitrogens with one attached hydrogen (secondary N) is 1. The first-order valence-electron chi connectivity index (χ1n) is 10.9. The molecule has 32 heavy (non-hydrogen) atoms. The zero-order valence-corrected chi connectivity index (χ0v) is 19.0. The Morgan fingerprint density at radius 1 is 0.969 bits per heavy atom. The second-order valence-corrected chi connectivity index (χ2v) is 9.98. The molecule has 4 rings (SSSR count). The maximum absolute atomic E-state index is 13.2. The predicted molar refractivity (Wildman–Crippen MR) is 127 cm³/mol. The van der Waals surface area contributed by atoms with Crippen LogP contribution in [0.5, 0.6) is 5.75 Å². The second-order valence-electron chi connectivity index (χ2n) is 8.04. The lowest BCUT2D eigenvalue weighted by Crippen LogP contribution is -2.32. The largest absolute Gasteiger partial charge is 0.495 e. The Labute approximate surface area is 189 Å². The van der Waals surface area contributed by atoms with Crippen LogP contribution in [0.4, 0.5) is 5.69 Å². The summed E-state index contributed by atoms with van der Waals surface area (Å²) in [4.78, 5) is 13.0. The van der Waals surface area contributed by atoms with Crippen LogP contribution in [0.1, 0.15) is 31.2 Å². The van der Waals surface area contributed by atoms with Crippen molar-refractivity contribution in [1.29, 1.82) is 0 Å². The minimum atomic E-state index is -3.63. The summed E-state index contributed by atoms with van der Waals surface area (Å²) in [6.07, 6.45) is 4.00. The fourth-order valence-electron chi connectivity index (χ4n) is 4.19. The molecular weight excluding hydrogens is 424 g/mol. The Morgan fingerprint density at radius 2 is 1.69 bits per heavy atom. The number of amides is 1. The third-order valence-corrected chi connectivity index (χ3v) is 7.77. The van der Waals surface area contributed by atoms with Crippen LogP contribution < -0.4 is 10.1 Å². The number of carbonyl (C=O) groups excluding carboxylic acids is 1. The predicted octanol–water partition coefficient (Wildman–Crippen LogP) is 4.59. The van der Waals surface area contributed by atoms with Crippen LogP contribution >= 0.6 is 0 Å². The number of carbonyl (C=O) groups is 1. The van der Waals surface area contributed by atoms with Gasteiger partial charge in [0.1, 0.15) is 5.75 Å². The SMILES string of the molecule is COc1ccc(S(=O)(=O)N2CCCCCC2)cc1NC(=O)Cc1cccc2ccccc12. The molecule has 7 heteroatoms. The van der Waals surface area contributed by atoms with Crippen LogP contribution in [0, 0.1) is 0 Å². The fraction of sp³-hybridized carbons (Fsp3) is 0.320. The maximum atomic E-state index is 13.2. The molecule has 1 saturated heterocycles. The van der Waals surface area contributed by atoms with Crippen molar-refractivity contribution in [3.8, 4) is 5.75 Å². The summed E-state index contributed by atoms with van der Waals surface area (Å²) < 4.78 is 33.3. The van der Waals surface area contributed by atoms with E-state index in [4.69, 9.17) is 4.74 Å². The maximum Gasteiger partial charge on any atom is 0.243 e. The van der Waals surface area contributed by atoms with Gasteiger partial charge in [0.05, 0.1) is 24.1 Å². The number of nitrogens with zero attached hydrogens (tertiary/aromatic N) is 1. The molecule has 1 fully saturated rings. The highest BCUT2D eigenvalue weighted by Gasteiger charge is 2.26. The minimum absolute atomic E-state index is 0.167. The van der Waals surface area contributed by atoms with E-state index in [-0.39, 0.29) is 17.2 Å².